The lowest BCUT2D eigenvalue weighted by molar-refractivity contribution is -0.169. The summed E-state index contributed by atoms with van der Waals surface area (Å²) < 4.78 is 21.8. The Morgan fingerprint density at radius 2 is 1.80 bits per heavy atom. The molecular formula is C22H24O8. The average Bonchev–Trinajstić information content (AvgIpc) is 3.33. The van der Waals surface area contributed by atoms with Crippen LogP contribution in [0.4, 0.5) is 0 Å². The molecule has 3 heterocycles. The van der Waals surface area contributed by atoms with Gasteiger partial charge in [0, 0.05) is 5.92 Å². The molecule has 2 unspecified atom stereocenters. The van der Waals surface area contributed by atoms with Gasteiger partial charge in [-0.05, 0) is 39.3 Å². The third-order valence-corrected chi connectivity index (χ3v) is 5.95. The molecule has 3 fully saturated rings. The van der Waals surface area contributed by atoms with E-state index >= 15 is 0 Å². The summed E-state index contributed by atoms with van der Waals surface area (Å²) in [6.07, 6.45) is -0.313. The zero-order valence-corrected chi connectivity index (χ0v) is 17.1. The van der Waals surface area contributed by atoms with Gasteiger partial charge < -0.3 is 18.9 Å². The minimum Gasteiger partial charge on any atom is -0.462 e. The van der Waals surface area contributed by atoms with Gasteiger partial charge in [-0.3, -0.25) is 14.4 Å². The molecule has 0 aromatic heterocycles. The molecule has 3 saturated heterocycles. The fraction of sp³-hybridized carbons (Fsp3) is 0.545. The Bertz CT molecular complexity index is 886. The Labute approximate surface area is 173 Å². The molecule has 1 aromatic rings. The number of rotatable bonds is 5. The van der Waals surface area contributed by atoms with Crippen molar-refractivity contribution in [1.29, 1.82) is 0 Å². The lowest BCUT2D eigenvalue weighted by Crippen LogP contribution is -2.47. The van der Waals surface area contributed by atoms with Crippen LogP contribution in [0.3, 0.4) is 0 Å². The predicted octanol–water partition coefficient (Wildman–Crippen LogP) is 1.91. The molecule has 5 atom stereocenters. The molecule has 160 valence electrons. The van der Waals surface area contributed by atoms with Gasteiger partial charge in [-0.2, -0.15) is 0 Å². The van der Waals surface area contributed by atoms with Gasteiger partial charge in [0.2, 0.25) is 0 Å². The van der Waals surface area contributed by atoms with E-state index in [1.165, 1.54) is 0 Å². The number of benzene rings is 1. The van der Waals surface area contributed by atoms with E-state index in [2.05, 4.69) is 0 Å². The molecule has 0 radical (unpaired) electrons. The van der Waals surface area contributed by atoms with E-state index in [0.29, 0.717) is 12.0 Å². The molecule has 0 spiro atoms. The van der Waals surface area contributed by atoms with Crippen molar-refractivity contribution in [2.45, 2.75) is 38.9 Å². The zero-order valence-electron chi connectivity index (χ0n) is 17.1. The van der Waals surface area contributed by atoms with Gasteiger partial charge in [0.15, 0.2) is 0 Å². The third kappa shape index (κ3) is 3.39. The third-order valence-electron chi connectivity index (χ3n) is 5.95. The van der Waals surface area contributed by atoms with Crippen molar-refractivity contribution < 1.29 is 38.1 Å². The highest BCUT2D eigenvalue weighted by atomic mass is 16.6. The molecular weight excluding hydrogens is 392 g/mol. The van der Waals surface area contributed by atoms with Crippen molar-refractivity contribution in [3.63, 3.8) is 0 Å². The van der Waals surface area contributed by atoms with Crippen LogP contribution in [-0.4, -0.2) is 48.8 Å². The minimum atomic E-state index is -1.15. The van der Waals surface area contributed by atoms with Crippen molar-refractivity contribution in [2.75, 3.05) is 13.2 Å². The average molecular weight is 416 g/mol. The normalized spacial score (nSPS) is 32.0. The van der Waals surface area contributed by atoms with E-state index in [1.54, 1.807) is 51.1 Å². The van der Waals surface area contributed by atoms with Crippen LogP contribution in [0.2, 0.25) is 0 Å². The molecule has 2 bridgehead atoms. The Morgan fingerprint density at radius 1 is 1.10 bits per heavy atom. The molecule has 30 heavy (non-hydrogen) atoms. The molecule has 3 aliphatic rings. The summed E-state index contributed by atoms with van der Waals surface area (Å²) in [5.41, 5.74) is -1.45. The maximum atomic E-state index is 12.3. The fourth-order valence-electron chi connectivity index (χ4n) is 4.50. The Kier molecular flexibility index (Phi) is 4.92. The van der Waals surface area contributed by atoms with Gasteiger partial charge in [-0.15, -0.1) is 0 Å². The van der Waals surface area contributed by atoms with Crippen LogP contribution in [0, 0.1) is 23.2 Å². The van der Waals surface area contributed by atoms with Gasteiger partial charge in [0.05, 0.1) is 23.7 Å². The fourth-order valence-corrected chi connectivity index (χ4v) is 4.50. The molecule has 0 amide bonds. The summed E-state index contributed by atoms with van der Waals surface area (Å²) in [5, 5.41) is 0. The quantitative estimate of drug-likeness (QED) is 0.407. The van der Waals surface area contributed by atoms with E-state index < -0.39 is 52.8 Å². The second-order valence-corrected chi connectivity index (χ2v) is 9.15. The topological polar surface area (TPSA) is 105 Å². The first-order chi connectivity index (χ1) is 14.1. The largest absolute Gasteiger partial charge is 0.462 e. The Hall–Kier alpha value is -2.74. The minimum absolute atomic E-state index is 0.0258. The maximum Gasteiger partial charge on any atom is 0.338 e. The summed E-state index contributed by atoms with van der Waals surface area (Å²) in [4.78, 5) is 49.1. The van der Waals surface area contributed by atoms with Crippen molar-refractivity contribution in [2.24, 2.45) is 23.2 Å². The summed E-state index contributed by atoms with van der Waals surface area (Å²) in [6, 6.07) is 8.57. The van der Waals surface area contributed by atoms with Crippen molar-refractivity contribution >= 4 is 23.9 Å². The molecule has 3 aliphatic heterocycles. The van der Waals surface area contributed by atoms with Crippen LogP contribution < -0.4 is 0 Å². The van der Waals surface area contributed by atoms with E-state index in [1.807, 2.05) is 0 Å². The van der Waals surface area contributed by atoms with Crippen molar-refractivity contribution in [1.82, 2.24) is 0 Å². The Balaban J connectivity index is 1.49. The van der Waals surface area contributed by atoms with Crippen LogP contribution in [-0.2, 0) is 33.3 Å². The first-order valence-corrected chi connectivity index (χ1v) is 9.95. The van der Waals surface area contributed by atoms with E-state index in [-0.39, 0.29) is 19.1 Å². The number of ether oxygens (including phenoxy) is 4. The lowest BCUT2D eigenvalue weighted by Gasteiger charge is -2.32. The zero-order chi connectivity index (χ0) is 21.7. The molecule has 8 heteroatoms. The van der Waals surface area contributed by atoms with Crippen molar-refractivity contribution in [3.8, 4) is 0 Å². The van der Waals surface area contributed by atoms with E-state index in [4.69, 9.17) is 18.9 Å². The molecule has 0 N–H and O–H groups in total. The predicted molar refractivity (Wildman–Crippen MR) is 101 cm³/mol. The van der Waals surface area contributed by atoms with Gasteiger partial charge >= 0.3 is 23.9 Å². The number of esters is 4. The highest BCUT2D eigenvalue weighted by Crippen LogP contribution is 2.57. The summed E-state index contributed by atoms with van der Waals surface area (Å²) in [6.45, 7) is 5.04. The van der Waals surface area contributed by atoms with Crippen LogP contribution in [0.5, 0.6) is 0 Å². The number of carbonyl (C=O) groups excluding carboxylic acids is 4. The second-order valence-electron chi connectivity index (χ2n) is 9.15. The molecule has 1 aromatic carbocycles. The van der Waals surface area contributed by atoms with Crippen LogP contribution in [0.1, 0.15) is 37.6 Å². The number of hydrogen-bond acceptors (Lipinski definition) is 8. The second kappa shape index (κ2) is 7.19. The number of cyclic esters (lactones) is 2. The lowest BCUT2D eigenvalue weighted by atomic mass is 9.69. The van der Waals surface area contributed by atoms with E-state index in [9.17, 15) is 19.2 Å². The summed E-state index contributed by atoms with van der Waals surface area (Å²) in [5.74, 6) is -4.11. The number of fused-ring (bicyclic) bond motifs is 5. The van der Waals surface area contributed by atoms with Gasteiger partial charge in [-0.1, -0.05) is 18.2 Å². The highest BCUT2D eigenvalue weighted by Gasteiger charge is 2.72. The molecule has 0 saturated carbocycles. The number of carbonyl (C=O) groups is 4. The van der Waals surface area contributed by atoms with Crippen LogP contribution >= 0.6 is 0 Å². The molecule has 8 nitrogen and oxygen atoms in total. The standard InChI is InChI=1S/C22H24O8/c1-21(2,3)20(26)28-11-22-9-13(10-27-17(23)12-7-5-4-6-8-12)16(30-22)14-15(22)19(25)29-18(14)24/h4-8,13-16H,9-11H2,1-3H3/t13-,14?,15?,16+,22-/m1/s1. The highest BCUT2D eigenvalue weighted by molar-refractivity contribution is 5.98. The first-order valence-electron chi connectivity index (χ1n) is 9.95. The van der Waals surface area contributed by atoms with Gasteiger partial charge in [0.1, 0.15) is 24.0 Å². The van der Waals surface area contributed by atoms with Crippen molar-refractivity contribution in [3.05, 3.63) is 35.9 Å². The molecule has 0 aliphatic carbocycles. The summed E-state index contributed by atoms with van der Waals surface area (Å²) >= 11 is 0. The van der Waals surface area contributed by atoms with Crippen LogP contribution in [0.25, 0.3) is 0 Å². The number of hydrogen-bond donors (Lipinski definition) is 0. The summed E-state index contributed by atoms with van der Waals surface area (Å²) in [7, 11) is 0. The van der Waals surface area contributed by atoms with Gasteiger partial charge in [0.25, 0.3) is 0 Å². The smallest absolute Gasteiger partial charge is 0.338 e. The Morgan fingerprint density at radius 3 is 2.47 bits per heavy atom. The molecule has 4 rings (SSSR count). The SMILES string of the molecule is CC(C)(C)C(=O)OC[C@@]12C[C@H](COC(=O)c3ccccc3)[C@H](O1)C1C(=O)OC(=O)C12. The van der Waals surface area contributed by atoms with E-state index in [0.717, 1.165) is 0 Å². The van der Waals surface area contributed by atoms with Crippen LogP contribution in [0.15, 0.2) is 30.3 Å². The van der Waals surface area contributed by atoms with Gasteiger partial charge in [-0.25, -0.2) is 4.79 Å². The first kappa shape index (κ1) is 20.5. The maximum absolute atomic E-state index is 12.3. The monoisotopic (exact) mass is 416 g/mol.